The number of H-pyrrole nitrogens is 1. The lowest BCUT2D eigenvalue weighted by Gasteiger charge is -2.07. The van der Waals surface area contributed by atoms with Crippen LogP contribution in [0.2, 0.25) is 0 Å². The predicted molar refractivity (Wildman–Crippen MR) is 79.6 cm³/mol. The van der Waals surface area contributed by atoms with Crippen LogP contribution in [0.4, 0.5) is 0 Å². The van der Waals surface area contributed by atoms with E-state index in [0.29, 0.717) is 5.75 Å². The molecule has 0 aliphatic heterocycles. The van der Waals surface area contributed by atoms with Crippen molar-refractivity contribution in [3.8, 4) is 17.0 Å². The third-order valence-corrected chi connectivity index (χ3v) is 3.75. The maximum absolute atomic E-state index is 9.88. The van der Waals surface area contributed by atoms with Gasteiger partial charge in [0.05, 0.1) is 0 Å². The highest BCUT2D eigenvalue weighted by molar-refractivity contribution is 5.90. The highest BCUT2D eigenvalue weighted by Gasteiger charge is 2.11. The number of aryl methyl sites for hydroxylation is 3. The van der Waals surface area contributed by atoms with Gasteiger partial charge >= 0.3 is 0 Å². The average molecular weight is 251 g/mol. The molecular weight excluding hydrogens is 234 g/mol. The predicted octanol–water partition coefficient (Wildman–Crippen LogP) is 4.47. The number of para-hydroxylation sites is 1. The van der Waals surface area contributed by atoms with Gasteiger partial charge in [0.25, 0.3) is 0 Å². The van der Waals surface area contributed by atoms with Crippen molar-refractivity contribution >= 4 is 10.9 Å². The summed E-state index contributed by atoms with van der Waals surface area (Å²) in [5.41, 5.74) is 6.48. The van der Waals surface area contributed by atoms with Gasteiger partial charge in [0.2, 0.25) is 0 Å². The minimum Gasteiger partial charge on any atom is -0.507 e. The summed E-state index contributed by atoms with van der Waals surface area (Å²) < 4.78 is 0. The number of hydrogen-bond acceptors (Lipinski definition) is 1. The third kappa shape index (κ3) is 1.80. The number of hydrogen-bond donors (Lipinski definition) is 2. The normalized spacial score (nSPS) is 11.1. The molecule has 2 aromatic carbocycles. The van der Waals surface area contributed by atoms with E-state index in [0.717, 1.165) is 27.9 Å². The zero-order valence-corrected chi connectivity index (χ0v) is 11.4. The molecule has 0 saturated heterocycles. The SMILES string of the molecule is Cc1cc(-c2[nH]c3ccccc3c2C)cc(C)c1O. The fourth-order valence-corrected chi connectivity index (χ4v) is 2.67. The van der Waals surface area contributed by atoms with Crippen molar-refractivity contribution in [1.82, 2.24) is 4.98 Å². The number of aromatic amines is 1. The molecule has 0 spiro atoms. The molecule has 2 N–H and O–H groups in total. The van der Waals surface area contributed by atoms with E-state index in [1.54, 1.807) is 0 Å². The molecule has 2 nitrogen and oxygen atoms in total. The fourth-order valence-electron chi connectivity index (χ4n) is 2.67. The zero-order chi connectivity index (χ0) is 13.6. The quantitative estimate of drug-likeness (QED) is 0.658. The van der Waals surface area contributed by atoms with E-state index in [9.17, 15) is 5.11 Å². The van der Waals surface area contributed by atoms with E-state index in [1.807, 2.05) is 32.0 Å². The number of fused-ring (bicyclic) bond motifs is 1. The molecule has 0 radical (unpaired) electrons. The lowest BCUT2D eigenvalue weighted by molar-refractivity contribution is 0.467. The van der Waals surface area contributed by atoms with Crippen LogP contribution in [-0.4, -0.2) is 10.1 Å². The highest BCUT2D eigenvalue weighted by atomic mass is 16.3. The summed E-state index contributed by atoms with van der Waals surface area (Å²) in [5, 5.41) is 11.1. The average Bonchev–Trinajstić information content (AvgIpc) is 2.73. The van der Waals surface area contributed by atoms with Gasteiger partial charge in [-0.1, -0.05) is 18.2 Å². The molecule has 3 aromatic rings. The molecule has 0 bridgehead atoms. The molecular formula is C17H17NO. The first-order valence-corrected chi connectivity index (χ1v) is 6.46. The van der Waals surface area contributed by atoms with Crippen LogP contribution in [-0.2, 0) is 0 Å². The van der Waals surface area contributed by atoms with Crippen LogP contribution >= 0.6 is 0 Å². The van der Waals surface area contributed by atoms with Gasteiger partial charge in [0.1, 0.15) is 5.75 Å². The number of benzene rings is 2. The van der Waals surface area contributed by atoms with Gasteiger partial charge in [-0.2, -0.15) is 0 Å². The molecule has 0 fully saturated rings. The van der Waals surface area contributed by atoms with Crippen LogP contribution in [0.3, 0.4) is 0 Å². The lowest BCUT2D eigenvalue weighted by Crippen LogP contribution is -1.86. The summed E-state index contributed by atoms with van der Waals surface area (Å²) in [6.07, 6.45) is 0. The molecule has 3 rings (SSSR count). The molecule has 2 heteroatoms. The van der Waals surface area contributed by atoms with Gasteiger partial charge in [-0.05, 0) is 61.2 Å². The molecule has 0 atom stereocenters. The fraction of sp³-hybridized carbons (Fsp3) is 0.176. The zero-order valence-electron chi connectivity index (χ0n) is 11.4. The van der Waals surface area contributed by atoms with Crippen molar-refractivity contribution in [3.05, 3.63) is 53.1 Å². The van der Waals surface area contributed by atoms with Crippen LogP contribution in [0.5, 0.6) is 5.75 Å². The number of aromatic hydroxyl groups is 1. The highest BCUT2D eigenvalue weighted by Crippen LogP contribution is 2.33. The molecule has 19 heavy (non-hydrogen) atoms. The summed E-state index contributed by atoms with van der Waals surface area (Å²) in [4.78, 5) is 3.47. The molecule has 0 amide bonds. The van der Waals surface area contributed by atoms with Gasteiger partial charge in [-0.15, -0.1) is 0 Å². The summed E-state index contributed by atoms with van der Waals surface area (Å²) in [6.45, 7) is 6.00. The Balaban J connectivity index is 2.27. The Bertz CT molecular complexity index is 745. The molecule has 0 unspecified atom stereocenters. The molecule has 1 heterocycles. The van der Waals surface area contributed by atoms with E-state index in [1.165, 1.54) is 10.9 Å². The smallest absolute Gasteiger partial charge is 0.121 e. The Morgan fingerprint density at radius 2 is 1.58 bits per heavy atom. The van der Waals surface area contributed by atoms with Crippen molar-refractivity contribution in [2.45, 2.75) is 20.8 Å². The van der Waals surface area contributed by atoms with Gasteiger partial charge in [0.15, 0.2) is 0 Å². The van der Waals surface area contributed by atoms with Crippen LogP contribution in [0.15, 0.2) is 36.4 Å². The number of aromatic nitrogens is 1. The van der Waals surface area contributed by atoms with E-state index in [-0.39, 0.29) is 0 Å². The maximum atomic E-state index is 9.88. The Morgan fingerprint density at radius 1 is 0.947 bits per heavy atom. The molecule has 0 aliphatic carbocycles. The Hall–Kier alpha value is -2.22. The second-order valence-corrected chi connectivity index (χ2v) is 5.13. The minimum absolute atomic E-state index is 0.387. The summed E-state index contributed by atoms with van der Waals surface area (Å²) in [6, 6.07) is 12.4. The standard InChI is InChI=1S/C17H17NO/c1-10-8-13(9-11(2)17(10)19)16-12(3)14-6-4-5-7-15(14)18-16/h4-9,18-19H,1-3H3. The largest absolute Gasteiger partial charge is 0.507 e. The maximum Gasteiger partial charge on any atom is 0.121 e. The van der Waals surface area contributed by atoms with Crippen molar-refractivity contribution in [2.75, 3.05) is 0 Å². The van der Waals surface area contributed by atoms with E-state index < -0.39 is 0 Å². The number of rotatable bonds is 1. The summed E-state index contributed by atoms with van der Waals surface area (Å²) in [7, 11) is 0. The van der Waals surface area contributed by atoms with Crippen molar-refractivity contribution in [2.24, 2.45) is 0 Å². The van der Waals surface area contributed by atoms with Gasteiger partial charge in [0, 0.05) is 16.6 Å². The minimum atomic E-state index is 0.387. The lowest BCUT2D eigenvalue weighted by atomic mass is 10.0. The van der Waals surface area contributed by atoms with E-state index in [2.05, 4.69) is 30.1 Å². The van der Waals surface area contributed by atoms with Crippen molar-refractivity contribution in [3.63, 3.8) is 0 Å². The third-order valence-electron chi connectivity index (χ3n) is 3.75. The molecule has 0 saturated carbocycles. The summed E-state index contributed by atoms with van der Waals surface area (Å²) >= 11 is 0. The van der Waals surface area contributed by atoms with Crippen molar-refractivity contribution < 1.29 is 5.11 Å². The number of phenolic OH excluding ortho intramolecular Hbond substituents is 1. The van der Waals surface area contributed by atoms with Gasteiger partial charge < -0.3 is 10.1 Å². The van der Waals surface area contributed by atoms with Gasteiger partial charge in [-0.25, -0.2) is 0 Å². The van der Waals surface area contributed by atoms with E-state index >= 15 is 0 Å². The van der Waals surface area contributed by atoms with Crippen molar-refractivity contribution in [1.29, 1.82) is 0 Å². The monoisotopic (exact) mass is 251 g/mol. The second kappa shape index (κ2) is 4.16. The number of phenols is 1. The first-order valence-electron chi connectivity index (χ1n) is 6.46. The topological polar surface area (TPSA) is 36.0 Å². The van der Waals surface area contributed by atoms with Crippen LogP contribution in [0.25, 0.3) is 22.2 Å². The Morgan fingerprint density at radius 3 is 2.21 bits per heavy atom. The Labute approximate surface area is 112 Å². The van der Waals surface area contributed by atoms with E-state index in [4.69, 9.17) is 0 Å². The molecule has 96 valence electrons. The number of nitrogens with one attached hydrogen (secondary N) is 1. The van der Waals surface area contributed by atoms with Crippen LogP contribution in [0.1, 0.15) is 16.7 Å². The first kappa shape index (κ1) is 11.8. The van der Waals surface area contributed by atoms with Crippen LogP contribution in [0, 0.1) is 20.8 Å². The molecule has 0 aliphatic rings. The second-order valence-electron chi connectivity index (χ2n) is 5.13. The molecule has 1 aromatic heterocycles. The van der Waals surface area contributed by atoms with Gasteiger partial charge in [-0.3, -0.25) is 0 Å². The summed E-state index contributed by atoms with van der Waals surface area (Å²) in [5.74, 6) is 0.387. The Kier molecular flexibility index (Phi) is 2.59. The first-order chi connectivity index (χ1) is 9.08. The van der Waals surface area contributed by atoms with Crippen LogP contribution < -0.4 is 0 Å².